The standard InChI is InChI=1S/C15H14N4S/c1-10-12(17-9-18-15(10)16)7-14-19-13(8-20-14)11-5-3-2-4-6-11/h2-6,8-9H,7H2,1H3,(H2,16,17,18). The molecule has 0 aliphatic rings. The molecule has 1 aromatic carbocycles. The molecule has 0 saturated carbocycles. The first-order valence-corrected chi connectivity index (χ1v) is 7.18. The number of benzene rings is 1. The number of aromatic nitrogens is 3. The van der Waals surface area contributed by atoms with Crippen molar-refractivity contribution in [3.8, 4) is 11.3 Å². The van der Waals surface area contributed by atoms with Gasteiger partial charge in [-0.1, -0.05) is 30.3 Å². The van der Waals surface area contributed by atoms with Gasteiger partial charge < -0.3 is 5.73 Å². The Morgan fingerprint density at radius 2 is 1.95 bits per heavy atom. The number of anilines is 1. The summed E-state index contributed by atoms with van der Waals surface area (Å²) in [6.07, 6.45) is 2.19. The molecule has 2 N–H and O–H groups in total. The van der Waals surface area contributed by atoms with E-state index in [0.29, 0.717) is 12.2 Å². The highest BCUT2D eigenvalue weighted by Crippen LogP contribution is 2.23. The van der Waals surface area contributed by atoms with Gasteiger partial charge in [0.15, 0.2) is 0 Å². The second-order valence-electron chi connectivity index (χ2n) is 4.50. The Bertz CT molecular complexity index is 722. The van der Waals surface area contributed by atoms with Crippen molar-refractivity contribution in [2.75, 3.05) is 5.73 Å². The smallest absolute Gasteiger partial charge is 0.129 e. The van der Waals surface area contributed by atoms with E-state index in [4.69, 9.17) is 5.73 Å². The average Bonchev–Trinajstić information content (AvgIpc) is 2.93. The molecule has 0 atom stereocenters. The second-order valence-corrected chi connectivity index (χ2v) is 5.44. The van der Waals surface area contributed by atoms with Gasteiger partial charge in [0.2, 0.25) is 0 Å². The maximum Gasteiger partial charge on any atom is 0.129 e. The van der Waals surface area contributed by atoms with Gasteiger partial charge in [-0.25, -0.2) is 15.0 Å². The van der Waals surface area contributed by atoms with E-state index < -0.39 is 0 Å². The van der Waals surface area contributed by atoms with Crippen molar-refractivity contribution in [2.45, 2.75) is 13.3 Å². The van der Waals surface area contributed by atoms with Gasteiger partial charge in [0, 0.05) is 22.9 Å². The van der Waals surface area contributed by atoms with Crippen LogP contribution in [0, 0.1) is 6.92 Å². The highest BCUT2D eigenvalue weighted by Gasteiger charge is 2.09. The predicted octanol–water partition coefficient (Wildman–Crippen LogP) is 3.08. The molecule has 0 aliphatic heterocycles. The third kappa shape index (κ3) is 2.53. The second kappa shape index (κ2) is 5.38. The van der Waals surface area contributed by atoms with Crippen molar-refractivity contribution >= 4 is 17.2 Å². The van der Waals surface area contributed by atoms with E-state index in [0.717, 1.165) is 27.5 Å². The van der Waals surface area contributed by atoms with Crippen LogP contribution in [-0.4, -0.2) is 15.0 Å². The number of nitrogen functional groups attached to an aromatic ring is 1. The van der Waals surface area contributed by atoms with Gasteiger partial charge in [-0.3, -0.25) is 0 Å². The van der Waals surface area contributed by atoms with Crippen molar-refractivity contribution in [1.29, 1.82) is 0 Å². The molecule has 0 aliphatic carbocycles. The Morgan fingerprint density at radius 1 is 1.15 bits per heavy atom. The lowest BCUT2D eigenvalue weighted by Crippen LogP contribution is -2.02. The molecule has 0 amide bonds. The van der Waals surface area contributed by atoms with Gasteiger partial charge in [0.25, 0.3) is 0 Å². The number of thiazole rings is 1. The molecule has 3 rings (SSSR count). The van der Waals surface area contributed by atoms with Crippen LogP contribution in [-0.2, 0) is 6.42 Å². The summed E-state index contributed by atoms with van der Waals surface area (Å²) in [5.74, 6) is 0.537. The quantitative estimate of drug-likeness (QED) is 0.801. The Labute approximate surface area is 121 Å². The minimum atomic E-state index is 0.537. The van der Waals surface area contributed by atoms with Crippen LogP contribution in [0.4, 0.5) is 5.82 Å². The van der Waals surface area contributed by atoms with E-state index in [9.17, 15) is 0 Å². The molecule has 5 heteroatoms. The molecule has 0 fully saturated rings. The molecule has 2 aromatic heterocycles. The number of nitrogens with zero attached hydrogens (tertiary/aromatic N) is 3. The van der Waals surface area contributed by atoms with Crippen LogP contribution in [0.25, 0.3) is 11.3 Å². The Hall–Kier alpha value is -2.27. The van der Waals surface area contributed by atoms with Gasteiger partial charge >= 0.3 is 0 Å². The summed E-state index contributed by atoms with van der Waals surface area (Å²) in [6.45, 7) is 1.94. The topological polar surface area (TPSA) is 64.7 Å². The van der Waals surface area contributed by atoms with Crippen LogP contribution in [0.5, 0.6) is 0 Å². The van der Waals surface area contributed by atoms with E-state index in [1.165, 1.54) is 6.33 Å². The minimum Gasteiger partial charge on any atom is -0.383 e. The summed E-state index contributed by atoms with van der Waals surface area (Å²) in [5, 5.41) is 3.11. The lowest BCUT2D eigenvalue weighted by Gasteiger charge is -2.04. The monoisotopic (exact) mass is 282 g/mol. The number of nitrogens with two attached hydrogens (primary N) is 1. The molecular formula is C15H14N4S. The van der Waals surface area contributed by atoms with Crippen LogP contribution in [0.2, 0.25) is 0 Å². The third-order valence-electron chi connectivity index (χ3n) is 3.17. The molecule has 4 nitrogen and oxygen atoms in total. The van der Waals surface area contributed by atoms with Crippen LogP contribution < -0.4 is 5.73 Å². The Morgan fingerprint density at radius 3 is 2.75 bits per heavy atom. The first kappa shape index (κ1) is 12.7. The van der Waals surface area contributed by atoms with Gasteiger partial charge in [-0.15, -0.1) is 11.3 Å². The normalized spacial score (nSPS) is 10.7. The van der Waals surface area contributed by atoms with Gasteiger partial charge in [0.05, 0.1) is 16.4 Å². The molecule has 2 heterocycles. The van der Waals surface area contributed by atoms with Gasteiger partial charge in [-0.2, -0.15) is 0 Å². The molecule has 0 saturated heterocycles. The number of hydrogen-bond donors (Lipinski definition) is 1. The zero-order valence-corrected chi connectivity index (χ0v) is 11.9. The highest BCUT2D eigenvalue weighted by molar-refractivity contribution is 7.10. The fraction of sp³-hybridized carbons (Fsp3) is 0.133. The summed E-state index contributed by atoms with van der Waals surface area (Å²) < 4.78 is 0. The van der Waals surface area contributed by atoms with E-state index >= 15 is 0 Å². The van der Waals surface area contributed by atoms with Crippen molar-refractivity contribution in [1.82, 2.24) is 15.0 Å². The lowest BCUT2D eigenvalue weighted by molar-refractivity contribution is 0.991. The molecule has 20 heavy (non-hydrogen) atoms. The van der Waals surface area contributed by atoms with E-state index in [-0.39, 0.29) is 0 Å². The SMILES string of the molecule is Cc1c(N)ncnc1Cc1nc(-c2ccccc2)cs1. The van der Waals surface area contributed by atoms with Crippen molar-refractivity contribution in [3.63, 3.8) is 0 Å². The first-order valence-electron chi connectivity index (χ1n) is 6.30. The van der Waals surface area contributed by atoms with Gasteiger partial charge in [-0.05, 0) is 6.92 Å². The van der Waals surface area contributed by atoms with E-state index in [2.05, 4.69) is 32.5 Å². The maximum absolute atomic E-state index is 5.80. The lowest BCUT2D eigenvalue weighted by atomic mass is 10.2. The summed E-state index contributed by atoms with van der Waals surface area (Å²) in [5.41, 5.74) is 9.81. The fourth-order valence-electron chi connectivity index (χ4n) is 1.96. The molecule has 0 unspecified atom stereocenters. The Balaban J connectivity index is 1.86. The molecule has 3 aromatic rings. The molecular weight excluding hydrogens is 268 g/mol. The molecule has 0 spiro atoms. The maximum atomic E-state index is 5.80. The molecule has 0 bridgehead atoms. The van der Waals surface area contributed by atoms with E-state index in [1.54, 1.807) is 11.3 Å². The zero-order chi connectivity index (χ0) is 13.9. The van der Waals surface area contributed by atoms with Crippen LogP contribution in [0.3, 0.4) is 0 Å². The van der Waals surface area contributed by atoms with E-state index in [1.807, 2.05) is 25.1 Å². The van der Waals surface area contributed by atoms with Crippen LogP contribution >= 0.6 is 11.3 Å². The Kier molecular flexibility index (Phi) is 3.43. The number of rotatable bonds is 3. The number of hydrogen-bond acceptors (Lipinski definition) is 5. The van der Waals surface area contributed by atoms with Crippen LogP contribution in [0.1, 0.15) is 16.3 Å². The van der Waals surface area contributed by atoms with Crippen molar-refractivity contribution < 1.29 is 0 Å². The molecule has 0 radical (unpaired) electrons. The summed E-state index contributed by atoms with van der Waals surface area (Å²) >= 11 is 1.64. The van der Waals surface area contributed by atoms with Crippen molar-refractivity contribution in [3.05, 3.63) is 58.3 Å². The van der Waals surface area contributed by atoms with Crippen LogP contribution in [0.15, 0.2) is 42.0 Å². The highest BCUT2D eigenvalue weighted by atomic mass is 32.1. The average molecular weight is 282 g/mol. The summed E-state index contributed by atoms with van der Waals surface area (Å²) in [6, 6.07) is 10.2. The molecule has 100 valence electrons. The summed E-state index contributed by atoms with van der Waals surface area (Å²) in [7, 11) is 0. The van der Waals surface area contributed by atoms with Gasteiger partial charge in [0.1, 0.15) is 12.1 Å². The largest absolute Gasteiger partial charge is 0.383 e. The summed E-state index contributed by atoms with van der Waals surface area (Å²) in [4.78, 5) is 12.9. The predicted molar refractivity (Wildman–Crippen MR) is 81.5 cm³/mol. The minimum absolute atomic E-state index is 0.537. The van der Waals surface area contributed by atoms with Crippen molar-refractivity contribution in [2.24, 2.45) is 0 Å². The fourth-order valence-corrected chi connectivity index (χ4v) is 2.76. The first-order chi connectivity index (χ1) is 9.74. The third-order valence-corrected chi connectivity index (χ3v) is 4.02. The zero-order valence-electron chi connectivity index (χ0n) is 11.1.